The molecule has 6 heteroatoms. The highest BCUT2D eigenvalue weighted by atomic mass is 16.5. The van der Waals surface area contributed by atoms with Crippen molar-refractivity contribution in [3.63, 3.8) is 0 Å². The maximum Gasteiger partial charge on any atom is 0.358 e. The first-order valence-electron chi connectivity index (χ1n) is 7.69. The number of hydrogen-bond acceptors (Lipinski definition) is 5. The van der Waals surface area contributed by atoms with Crippen LogP contribution in [0.4, 0.5) is 0 Å². The average Bonchev–Trinajstić information content (AvgIpc) is 2.96. The lowest BCUT2D eigenvalue weighted by atomic mass is 9.82. The molecule has 0 fully saturated rings. The van der Waals surface area contributed by atoms with Gasteiger partial charge in [0.25, 0.3) is 0 Å². The van der Waals surface area contributed by atoms with Crippen LogP contribution in [0.5, 0.6) is 0 Å². The third-order valence-corrected chi connectivity index (χ3v) is 4.28. The summed E-state index contributed by atoms with van der Waals surface area (Å²) in [5, 5.41) is 4.52. The summed E-state index contributed by atoms with van der Waals surface area (Å²) >= 11 is 0. The highest BCUT2D eigenvalue weighted by Crippen LogP contribution is 2.42. The van der Waals surface area contributed by atoms with Crippen molar-refractivity contribution in [1.82, 2.24) is 19.7 Å². The maximum atomic E-state index is 12.2. The predicted octanol–water partition coefficient (Wildman–Crippen LogP) is 3.14. The molecule has 1 aliphatic carbocycles. The first-order chi connectivity index (χ1) is 11.0. The Morgan fingerprint density at radius 1 is 1.35 bits per heavy atom. The zero-order chi connectivity index (χ0) is 16.6. The molecule has 1 unspecified atom stereocenters. The molecule has 0 saturated heterocycles. The third kappa shape index (κ3) is 2.54. The van der Waals surface area contributed by atoms with Crippen molar-refractivity contribution in [1.29, 1.82) is 0 Å². The molecule has 23 heavy (non-hydrogen) atoms. The van der Waals surface area contributed by atoms with Gasteiger partial charge in [-0.25, -0.2) is 14.5 Å². The van der Waals surface area contributed by atoms with Crippen LogP contribution in [0.25, 0.3) is 11.4 Å². The number of ether oxygens (including phenoxy) is 1. The lowest BCUT2D eigenvalue weighted by Crippen LogP contribution is -2.13. The number of fused-ring (bicyclic) bond motifs is 1. The van der Waals surface area contributed by atoms with Gasteiger partial charge < -0.3 is 4.74 Å². The van der Waals surface area contributed by atoms with E-state index in [1.54, 1.807) is 23.3 Å². The molecule has 0 aliphatic heterocycles. The molecule has 120 valence electrons. The van der Waals surface area contributed by atoms with Crippen molar-refractivity contribution in [3.05, 3.63) is 41.1 Å². The van der Waals surface area contributed by atoms with E-state index in [9.17, 15) is 4.79 Å². The van der Waals surface area contributed by atoms with Crippen molar-refractivity contribution >= 4 is 11.5 Å². The van der Waals surface area contributed by atoms with E-state index in [0.717, 1.165) is 24.1 Å². The summed E-state index contributed by atoms with van der Waals surface area (Å²) in [6, 6.07) is 0. The highest BCUT2D eigenvalue weighted by molar-refractivity contribution is 5.91. The van der Waals surface area contributed by atoms with Crippen LogP contribution in [0.2, 0.25) is 0 Å². The predicted molar refractivity (Wildman–Crippen MR) is 86.4 cm³/mol. The molecule has 1 aliphatic rings. The Kier molecular flexibility index (Phi) is 3.98. The average molecular weight is 312 g/mol. The fourth-order valence-corrected chi connectivity index (χ4v) is 3.11. The van der Waals surface area contributed by atoms with E-state index < -0.39 is 5.97 Å². The van der Waals surface area contributed by atoms with Gasteiger partial charge >= 0.3 is 5.97 Å². The van der Waals surface area contributed by atoms with Crippen LogP contribution in [-0.4, -0.2) is 32.8 Å². The van der Waals surface area contributed by atoms with Gasteiger partial charge in [0, 0.05) is 18.0 Å². The van der Waals surface area contributed by atoms with Gasteiger partial charge in [-0.15, -0.1) is 0 Å². The Hall–Kier alpha value is -2.50. The zero-order valence-electron chi connectivity index (χ0n) is 13.8. The largest absolute Gasteiger partial charge is 0.464 e. The van der Waals surface area contributed by atoms with Gasteiger partial charge in [-0.05, 0) is 38.2 Å². The Labute approximate surface area is 135 Å². The zero-order valence-corrected chi connectivity index (χ0v) is 13.8. The number of carbonyl (C=O) groups excluding carboxylic acids is 1. The number of nitrogens with zero attached hydrogens (tertiary/aromatic N) is 4. The van der Waals surface area contributed by atoms with E-state index in [1.807, 2.05) is 0 Å². The van der Waals surface area contributed by atoms with Crippen LogP contribution >= 0.6 is 0 Å². The third-order valence-electron chi connectivity index (χ3n) is 4.28. The Bertz CT molecular complexity index is 773. The smallest absolute Gasteiger partial charge is 0.358 e. The summed E-state index contributed by atoms with van der Waals surface area (Å²) < 4.78 is 6.66. The van der Waals surface area contributed by atoms with Crippen LogP contribution in [-0.2, 0) is 4.74 Å². The lowest BCUT2D eigenvalue weighted by Gasteiger charge is -2.24. The van der Waals surface area contributed by atoms with Crippen LogP contribution in [0.1, 0.15) is 61.3 Å². The fraction of sp³-hybridized carbons (Fsp3) is 0.412. The van der Waals surface area contributed by atoms with E-state index in [4.69, 9.17) is 4.74 Å². The molecular weight excluding hydrogens is 292 g/mol. The van der Waals surface area contributed by atoms with E-state index in [0.29, 0.717) is 11.5 Å². The molecule has 0 bridgehead atoms. The molecule has 2 aromatic heterocycles. The SMILES string of the molecule is COC(=O)c1nn(-c2cnccn2)c2c1C(C)CCC2=C(C)C. The second-order valence-electron chi connectivity index (χ2n) is 6.00. The Morgan fingerprint density at radius 3 is 2.74 bits per heavy atom. The number of esters is 1. The molecule has 0 saturated carbocycles. The minimum absolute atomic E-state index is 0.243. The molecule has 6 nitrogen and oxygen atoms in total. The van der Waals surface area contributed by atoms with Crippen molar-refractivity contribution in [2.45, 2.75) is 39.5 Å². The topological polar surface area (TPSA) is 69.9 Å². The van der Waals surface area contributed by atoms with Gasteiger partial charge in [0.15, 0.2) is 11.5 Å². The summed E-state index contributed by atoms with van der Waals surface area (Å²) in [6.07, 6.45) is 6.84. The van der Waals surface area contributed by atoms with Gasteiger partial charge in [0.05, 0.1) is 19.0 Å². The number of carbonyl (C=O) groups is 1. The van der Waals surface area contributed by atoms with Crippen LogP contribution in [0.15, 0.2) is 24.2 Å². The maximum absolute atomic E-state index is 12.2. The van der Waals surface area contributed by atoms with Gasteiger partial charge in [0.1, 0.15) is 0 Å². The van der Waals surface area contributed by atoms with E-state index in [-0.39, 0.29) is 5.92 Å². The van der Waals surface area contributed by atoms with Gasteiger partial charge in [-0.1, -0.05) is 12.5 Å². The molecule has 2 heterocycles. The van der Waals surface area contributed by atoms with Crippen LogP contribution in [0.3, 0.4) is 0 Å². The minimum Gasteiger partial charge on any atom is -0.464 e. The number of rotatable bonds is 2. The van der Waals surface area contributed by atoms with E-state index in [2.05, 4.69) is 35.8 Å². The Balaban J connectivity index is 2.33. The Morgan fingerprint density at radius 2 is 2.13 bits per heavy atom. The second-order valence-corrected chi connectivity index (χ2v) is 6.00. The number of aromatic nitrogens is 4. The van der Waals surface area contributed by atoms with Crippen LogP contribution in [0, 0.1) is 0 Å². The van der Waals surface area contributed by atoms with Gasteiger partial charge in [-0.2, -0.15) is 5.10 Å². The van der Waals surface area contributed by atoms with Crippen molar-refractivity contribution in [3.8, 4) is 5.82 Å². The molecule has 2 aromatic rings. The molecular formula is C17H20N4O2. The molecule has 1 atom stereocenters. The van der Waals surface area contributed by atoms with Crippen molar-refractivity contribution in [2.24, 2.45) is 0 Å². The highest BCUT2D eigenvalue weighted by Gasteiger charge is 2.33. The van der Waals surface area contributed by atoms with Crippen molar-refractivity contribution < 1.29 is 9.53 Å². The first kappa shape index (κ1) is 15.4. The van der Waals surface area contributed by atoms with E-state index in [1.165, 1.54) is 18.3 Å². The molecule has 0 aromatic carbocycles. The molecule has 0 radical (unpaired) electrons. The second kappa shape index (κ2) is 5.95. The van der Waals surface area contributed by atoms with Crippen molar-refractivity contribution in [2.75, 3.05) is 7.11 Å². The minimum atomic E-state index is -0.411. The lowest BCUT2D eigenvalue weighted by molar-refractivity contribution is 0.0591. The van der Waals surface area contributed by atoms with Gasteiger partial charge in [-0.3, -0.25) is 4.98 Å². The number of allylic oxidation sites excluding steroid dienone is 2. The summed E-state index contributed by atoms with van der Waals surface area (Å²) in [6.45, 7) is 6.29. The molecule has 0 amide bonds. The summed E-state index contributed by atoms with van der Waals surface area (Å²) in [7, 11) is 1.38. The molecule has 3 rings (SSSR count). The molecule has 0 spiro atoms. The van der Waals surface area contributed by atoms with Crippen LogP contribution < -0.4 is 0 Å². The fourth-order valence-electron chi connectivity index (χ4n) is 3.11. The first-order valence-corrected chi connectivity index (χ1v) is 7.69. The standard InChI is InChI=1S/C17H20N4O2/c1-10(2)12-6-5-11(3)14-15(17(22)23-4)20-21(16(12)14)13-9-18-7-8-19-13/h7-9,11H,5-6H2,1-4H3. The summed E-state index contributed by atoms with van der Waals surface area (Å²) in [4.78, 5) is 20.7. The normalized spacial score (nSPS) is 16.9. The number of hydrogen-bond donors (Lipinski definition) is 0. The summed E-state index contributed by atoms with van der Waals surface area (Å²) in [5.74, 6) is 0.435. The van der Waals surface area contributed by atoms with E-state index >= 15 is 0 Å². The molecule has 0 N–H and O–H groups in total. The quantitative estimate of drug-likeness (QED) is 0.797. The number of methoxy groups -OCH3 is 1. The van der Waals surface area contributed by atoms with Gasteiger partial charge in [0.2, 0.25) is 0 Å². The summed E-state index contributed by atoms with van der Waals surface area (Å²) in [5.41, 5.74) is 4.72. The monoisotopic (exact) mass is 312 g/mol.